The Kier molecular flexibility index (Phi) is 4.49. The highest BCUT2D eigenvalue weighted by molar-refractivity contribution is 7.99. The van der Waals surface area contributed by atoms with Crippen LogP contribution in [0, 0.1) is 0 Å². The molecule has 0 saturated carbocycles. The molecule has 4 nitrogen and oxygen atoms in total. The van der Waals surface area contributed by atoms with Gasteiger partial charge in [-0.05, 0) is 17.7 Å². The Morgan fingerprint density at radius 3 is 2.83 bits per heavy atom. The van der Waals surface area contributed by atoms with Crippen LogP contribution in [0.25, 0.3) is 0 Å². The van der Waals surface area contributed by atoms with Gasteiger partial charge in [-0.3, -0.25) is 4.90 Å². The number of nitrogens with two attached hydrogens (primary N) is 1. The zero-order chi connectivity index (χ0) is 13.0. The minimum Gasteiger partial charge on any atom is -0.465 e. The van der Waals surface area contributed by atoms with Gasteiger partial charge < -0.3 is 10.5 Å². The molecule has 98 valence electrons. The smallest absolute Gasteiger partial charge is 0.339 e. The number of anilines is 1. The molecule has 0 atom stereocenters. The molecular weight excluding hydrogens is 248 g/mol. The molecule has 18 heavy (non-hydrogen) atoms. The lowest BCUT2D eigenvalue weighted by molar-refractivity contribution is 0.0601. The molecule has 2 N–H and O–H groups in total. The van der Waals surface area contributed by atoms with Gasteiger partial charge in [0.15, 0.2) is 0 Å². The van der Waals surface area contributed by atoms with Crippen molar-refractivity contribution in [1.82, 2.24) is 4.90 Å². The zero-order valence-electron chi connectivity index (χ0n) is 10.5. The van der Waals surface area contributed by atoms with Crippen molar-refractivity contribution < 1.29 is 9.53 Å². The topological polar surface area (TPSA) is 55.6 Å². The summed E-state index contributed by atoms with van der Waals surface area (Å²) in [6, 6.07) is 5.59. The summed E-state index contributed by atoms with van der Waals surface area (Å²) in [5, 5.41) is 0. The Hall–Kier alpha value is -1.20. The number of benzene rings is 1. The van der Waals surface area contributed by atoms with Crippen LogP contribution >= 0.6 is 11.8 Å². The van der Waals surface area contributed by atoms with Crippen molar-refractivity contribution in [1.29, 1.82) is 0 Å². The van der Waals surface area contributed by atoms with Crippen LogP contribution in [0.3, 0.4) is 0 Å². The number of hydrogen-bond acceptors (Lipinski definition) is 5. The molecule has 0 amide bonds. The fourth-order valence-electron chi connectivity index (χ4n) is 2.01. The molecule has 1 aromatic carbocycles. The van der Waals surface area contributed by atoms with E-state index in [4.69, 9.17) is 10.5 Å². The average Bonchev–Trinajstić information content (AvgIpc) is 2.41. The molecule has 0 spiro atoms. The lowest BCUT2D eigenvalue weighted by Crippen LogP contribution is -2.32. The molecule has 5 heteroatoms. The molecule has 0 bridgehead atoms. The van der Waals surface area contributed by atoms with E-state index < -0.39 is 0 Å². The van der Waals surface area contributed by atoms with Crippen molar-refractivity contribution >= 4 is 23.4 Å². The lowest BCUT2D eigenvalue weighted by Gasteiger charge is -2.26. The minimum atomic E-state index is -0.372. The second kappa shape index (κ2) is 6.11. The van der Waals surface area contributed by atoms with Gasteiger partial charge in [0.25, 0.3) is 0 Å². The number of thioether (sulfide) groups is 1. The molecule has 0 radical (unpaired) electrons. The Balaban J connectivity index is 2.11. The van der Waals surface area contributed by atoms with E-state index in [1.165, 1.54) is 18.6 Å². The molecule has 1 aliphatic rings. The van der Waals surface area contributed by atoms with Crippen molar-refractivity contribution in [2.24, 2.45) is 0 Å². The number of esters is 1. The Morgan fingerprint density at radius 2 is 2.17 bits per heavy atom. The molecule has 0 unspecified atom stereocenters. The standard InChI is InChI=1S/C13H18N2O2S/c1-17-13(16)11-8-10(2-3-12(11)14)9-15-4-6-18-7-5-15/h2-3,8H,4-7,9,14H2,1H3. The summed E-state index contributed by atoms with van der Waals surface area (Å²) in [5.74, 6) is 1.99. The molecule has 1 aromatic rings. The summed E-state index contributed by atoms with van der Waals surface area (Å²) >= 11 is 1.99. The number of carbonyl (C=O) groups excluding carboxylic acids is 1. The highest BCUT2D eigenvalue weighted by Gasteiger charge is 2.14. The SMILES string of the molecule is COC(=O)c1cc(CN2CCSCC2)ccc1N. The number of hydrogen-bond donors (Lipinski definition) is 1. The molecule has 0 aromatic heterocycles. The first-order valence-electron chi connectivity index (χ1n) is 5.97. The third kappa shape index (κ3) is 3.17. The van der Waals surface area contributed by atoms with E-state index in [-0.39, 0.29) is 5.97 Å². The van der Waals surface area contributed by atoms with Gasteiger partial charge in [-0.2, -0.15) is 11.8 Å². The van der Waals surface area contributed by atoms with Gasteiger partial charge >= 0.3 is 5.97 Å². The first-order valence-corrected chi connectivity index (χ1v) is 7.13. The van der Waals surface area contributed by atoms with Crippen LogP contribution in [0.1, 0.15) is 15.9 Å². The summed E-state index contributed by atoms with van der Waals surface area (Å²) in [6.45, 7) is 3.07. The molecule has 1 saturated heterocycles. The predicted molar refractivity (Wildman–Crippen MR) is 74.8 cm³/mol. The average molecular weight is 266 g/mol. The second-order valence-corrected chi connectivity index (χ2v) is 5.53. The molecule has 1 heterocycles. The lowest BCUT2D eigenvalue weighted by atomic mass is 10.1. The Bertz CT molecular complexity index is 431. The van der Waals surface area contributed by atoms with Crippen LogP contribution in [0.15, 0.2) is 18.2 Å². The Labute approximate surface area is 111 Å². The third-order valence-corrected chi connectivity index (χ3v) is 3.98. The Morgan fingerprint density at radius 1 is 1.44 bits per heavy atom. The van der Waals surface area contributed by atoms with E-state index in [0.29, 0.717) is 11.3 Å². The first kappa shape index (κ1) is 13.2. The third-order valence-electron chi connectivity index (χ3n) is 3.03. The van der Waals surface area contributed by atoms with Gasteiger partial charge in [-0.25, -0.2) is 4.79 Å². The summed E-state index contributed by atoms with van der Waals surface area (Å²) in [4.78, 5) is 14.0. The molecule has 0 aliphatic carbocycles. The molecule has 1 aliphatic heterocycles. The van der Waals surface area contributed by atoms with Crippen LogP contribution < -0.4 is 5.73 Å². The predicted octanol–water partition coefficient (Wildman–Crippen LogP) is 1.60. The molecular formula is C13H18N2O2S. The van der Waals surface area contributed by atoms with E-state index >= 15 is 0 Å². The quantitative estimate of drug-likeness (QED) is 0.665. The van der Waals surface area contributed by atoms with Crippen molar-refractivity contribution in [2.45, 2.75) is 6.54 Å². The van der Waals surface area contributed by atoms with E-state index in [2.05, 4.69) is 4.90 Å². The van der Waals surface area contributed by atoms with Crippen LogP contribution in [0.2, 0.25) is 0 Å². The molecule has 1 fully saturated rings. The van der Waals surface area contributed by atoms with Crippen molar-refractivity contribution in [3.05, 3.63) is 29.3 Å². The number of ether oxygens (including phenoxy) is 1. The minimum absolute atomic E-state index is 0.372. The van der Waals surface area contributed by atoms with E-state index in [1.54, 1.807) is 6.07 Å². The highest BCUT2D eigenvalue weighted by Crippen LogP contribution is 2.18. The summed E-state index contributed by atoms with van der Waals surface area (Å²) in [5.41, 5.74) is 7.82. The molecule has 2 rings (SSSR count). The first-order chi connectivity index (χ1) is 8.70. The van der Waals surface area contributed by atoms with E-state index in [1.807, 2.05) is 23.9 Å². The largest absolute Gasteiger partial charge is 0.465 e. The number of methoxy groups -OCH3 is 1. The fraction of sp³-hybridized carbons (Fsp3) is 0.462. The zero-order valence-corrected chi connectivity index (χ0v) is 11.3. The van der Waals surface area contributed by atoms with Gasteiger partial charge in [0.05, 0.1) is 12.7 Å². The summed E-state index contributed by atoms with van der Waals surface area (Å²) in [6.07, 6.45) is 0. The van der Waals surface area contributed by atoms with Gasteiger partial charge in [0.1, 0.15) is 0 Å². The van der Waals surface area contributed by atoms with E-state index in [9.17, 15) is 4.79 Å². The number of nitrogen functional groups attached to an aromatic ring is 1. The maximum Gasteiger partial charge on any atom is 0.339 e. The maximum atomic E-state index is 11.6. The van der Waals surface area contributed by atoms with Crippen molar-refractivity contribution in [2.75, 3.05) is 37.4 Å². The fourth-order valence-corrected chi connectivity index (χ4v) is 2.98. The highest BCUT2D eigenvalue weighted by atomic mass is 32.2. The van der Waals surface area contributed by atoms with Crippen LogP contribution in [0.4, 0.5) is 5.69 Å². The van der Waals surface area contributed by atoms with Crippen molar-refractivity contribution in [3.63, 3.8) is 0 Å². The van der Waals surface area contributed by atoms with Crippen LogP contribution in [-0.4, -0.2) is 42.6 Å². The summed E-state index contributed by atoms with van der Waals surface area (Å²) < 4.78 is 4.73. The monoisotopic (exact) mass is 266 g/mol. The maximum absolute atomic E-state index is 11.6. The second-order valence-electron chi connectivity index (χ2n) is 4.30. The van der Waals surface area contributed by atoms with Gasteiger partial charge in [-0.1, -0.05) is 6.07 Å². The van der Waals surface area contributed by atoms with Gasteiger partial charge in [-0.15, -0.1) is 0 Å². The summed E-state index contributed by atoms with van der Waals surface area (Å²) in [7, 11) is 1.37. The van der Waals surface area contributed by atoms with Gasteiger partial charge in [0, 0.05) is 36.8 Å². The number of rotatable bonds is 3. The normalized spacial score (nSPS) is 16.5. The van der Waals surface area contributed by atoms with Crippen molar-refractivity contribution in [3.8, 4) is 0 Å². The van der Waals surface area contributed by atoms with Crippen LogP contribution in [-0.2, 0) is 11.3 Å². The number of nitrogens with zero attached hydrogens (tertiary/aromatic N) is 1. The number of carbonyl (C=O) groups is 1. The van der Waals surface area contributed by atoms with E-state index in [0.717, 1.165) is 25.2 Å². The van der Waals surface area contributed by atoms with Crippen LogP contribution in [0.5, 0.6) is 0 Å². The van der Waals surface area contributed by atoms with Gasteiger partial charge in [0.2, 0.25) is 0 Å².